The summed E-state index contributed by atoms with van der Waals surface area (Å²) < 4.78 is 4.75. The third-order valence-electron chi connectivity index (χ3n) is 10.3. The van der Waals surface area contributed by atoms with E-state index in [1.807, 2.05) is 36.0 Å². The van der Waals surface area contributed by atoms with Crippen molar-refractivity contribution in [3.8, 4) is 33.6 Å². The zero-order chi connectivity index (χ0) is 36.1. The van der Waals surface area contributed by atoms with E-state index >= 15 is 0 Å². The van der Waals surface area contributed by atoms with Crippen LogP contribution in [0.4, 0.5) is 4.79 Å². The average Bonchev–Trinajstić information content (AvgIpc) is 3.99. The first-order valence-electron chi connectivity index (χ1n) is 18.2. The van der Waals surface area contributed by atoms with Gasteiger partial charge in [0, 0.05) is 19.1 Å². The molecule has 2 aliphatic rings. The second-order valence-corrected chi connectivity index (χ2v) is 14.0. The van der Waals surface area contributed by atoms with E-state index in [4.69, 9.17) is 4.74 Å². The zero-order valence-corrected chi connectivity index (χ0v) is 30.2. The molecule has 4 N–H and O–H groups in total. The molecule has 0 aliphatic carbocycles. The Bertz CT molecular complexity index is 1800. The SMILES string of the molecule is CCC(C)NCC(=O)N1CCCC1c1ncc(-c2ccc(-c3ccc(-c4cnc(C5CCCN5C(=O)C(NC(=O)OC)C(C)C)[nH]4)cc3)cc2)[nH]1. The molecular formula is C39H50N8O4. The van der Waals surface area contributed by atoms with E-state index in [2.05, 4.69) is 92.9 Å². The number of carbonyl (C=O) groups is 3. The summed E-state index contributed by atoms with van der Waals surface area (Å²) in [6.07, 6.45) is 7.59. The van der Waals surface area contributed by atoms with Crippen LogP contribution in [-0.2, 0) is 14.3 Å². The second-order valence-electron chi connectivity index (χ2n) is 14.0. The lowest BCUT2D eigenvalue weighted by Crippen LogP contribution is -2.51. The number of hydrogen-bond acceptors (Lipinski definition) is 7. The number of hydrogen-bond donors (Lipinski definition) is 4. The molecule has 12 nitrogen and oxygen atoms in total. The first kappa shape index (κ1) is 35.8. The Labute approximate surface area is 299 Å². The number of methoxy groups -OCH3 is 1. The molecular weight excluding hydrogens is 644 g/mol. The molecule has 6 rings (SSSR count). The molecule has 0 radical (unpaired) electrons. The van der Waals surface area contributed by atoms with Crippen molar-refractivity contribution in [1.29, 1.82) is 0 Å². The van der Waals surface area contributed by atoms with Crippen LogP contribution in [0.15, 0.2) is 60.9 Å². The van der Waals surface area contributed by atoms with E-state index in [1.165, 1.54) is 7.11 Å². The van der Waals surface area contributed by atoms with Gasteiger partial charge in [-0.2, -0.15) is 0 Å². The number of aromatic nitrogens is 4. The lowest BCUT2D eigenvalue weighted by Gasteiger charge is -2.30. The predicted molar refractivity (Wildman–Crippen MR) is 196 cm³/mol. The van der Waals surface area contributed by atoms with E-state index in [9.17, 15) is 14.4 Å². The van der Waals surface area contributed by atoms with Gasteiger partial charge in [-0.05, 0) is 67.2 Å². The first-order valence-corrected chi connectivity index (χ1v) is 18.2. The quantitative estimate of drug-likeness (QED) is 0.137. The van der Waals surface area contributed by atoms with Crippen LogP contribution < -0.4 is 10.6 Å². The summed E-state index contributed by atoms with van der Waals surface area (Å²) in [7, 11) is 1.30. The average molecular weight is 695 g/mol. The van der Waals surface area contributed by atoms with Crippen LogP contribution in [0, 0.1) is 5.92 Å². The van der Waals surface area contributed by atoms with Crippen molar-refractivity contribution in [2.75, 3.05) is 26.7 Å². The van der Waals surface area contributed by atoms with Gasteiger partial charge in [-0.25, -0.2) is 14.8 Å². The lowest BCUT2D eigenvalue weighted by atomic mass is 10.0. The molecule has 2 saturated heterocycles. The molecule has 270 valence electrons. The Morgan fingerprint density at radius 2 is 1.29 bits per heavy atom. The Hall–Kier alpha value is -4.97. The molecule has 4 atom stereocenters. The summed E-state index contributed by atoms with van der Waals surface area (Å²) in [6, 6.07) is 16.2. The molecule has 0 bridgehead atoms. The van der Waals surface area contributed by atoms with Crippen LogP contribution >= 0.6 is 0 Å². The van der Waals surface area contributed by atoms with Crippen LogP contribution in [0.1, 0.15) is 83.5 Å². The van der Waals surface area contributed by atoms with Crippen molar-refractivity contribution in [2.24, 2.45) is 5.92 Å². The molecule has 0 spiro atoms. The standard InChI is InChI=1S/C39H50N8O4/c1-6-25(4)40-23-34(48)46-19-7-9-32(46)36-41-21-30(43-36)28-15-11-26(12-16-28)27-13-17-29(18-14-27)31-22-42-37(44-31)33-10-8-20-47(33)38(49)35(24(2)3)45-39(50)51-5/h11-18,21-22,24-25,32-33,35,40H,6-10,19-20,23H2,1-5H3,(H,41,43)(H,42,44)(H,45,50). The number of rotatable bonds is 12. The van der Waals surface area contributed by atoms with Crippen molar-refractivity contribution < 1.29 is 19.1 Å². The lowest BCUT2D eigenvalue weighted by molar-refractivity contribution is -0.135. The van der Waals surface area contributed by atoms with Crippen molar-refractivity contribution in [2.45, 2.75) is 84.0 Å². The van der Waals surface area contributed by atoms with Gasteiger partial charge in [0.1, 0.15) is 17.7 Å². The summed E-state index contributed by atoms with van der Waals surface area (Å²) in [5, 5.41) is 6.02. The Kier molecular flexibility index (Phi) is 11.2. The van der Waals surface area contributed by atoms with Gasteiger partial charge in [-0.1, -0.05) is 69.3 Å². The highest BCUT2D eigenvalue weighted by Crippen LogP contribution is 2.34. The number of imidazole rings is 2. The summed E-state index contributed by atoms with van der Waals surface area (Å²) in [5.41, 5.74) is 6.03. The highest BCUT2D eigenvalue weighted by Gasteiger charge is 2.37. The minimum Gasteiger partial charge on any atom is -0.453 e. The number of amides is 3. The van der Waals surface area contributed by atoms with E-state index < -0.39 is 12.1 Å². The molecule has 3 amide bonds. The molecule has 4 unspecified atom stereocenters. The van der Waals surface area contributed by atoms with Crippen molar-refractivity contribution in [3.63, 3.8) is 0 Å². The van der Waals surface area contributed by atoms with Crippen LogP contribution in [0.5, 0.6) is 0 Å². The maximum absolute atomic E-state index is 13.5. The summed E-state index contributed by atoms with van der Waals surface area (Å²) >= 11 is 0. The van der Waals surface area contributed by atoms with Gasteiger partial charge in [-0.3, -0.25) is 9.59 Å². The fraction of sp³-hybridized carbons (Fsp3) is 0.462. The van der Waals surface area contributed by atoms with Crippen LogP contribution in [0.3, 0.4) is 0 Å². The normalized spacial score (nSPS) is 18.6. The minimum absolute atomic E-state index is 0.0270. The Morgan fingerprint density at radius 3 is 1.78 bits per heavy atom. The third kappa shape index (κ3) is 8.01. The van der Waals surface area contributed by atoms with E-state index in [1.54, 1.807) is 0 Å². The number of nitrogens with zero attached hydrogens (tertiary/aromatic N) is 4. The first-order chi connectivity index (χ1) is 24.7. The van der Waals surface area contributed by atoms with Crippen LogP contribution in [0.2, 0.25) is 0 Å². The highest BCUT2D eigenvalue weighted by atomic mass is 16.5. The maximum Gasteiger partial charge on any atom is 0.407 e. The fourth-order valence-electron chi connectivity index (χ4n) is 7.04. The number of carbonyl (C=O) groups excluding carboxylic acids is 3. The number of alkyl carbamates (subject to hydrolysis) is 1. The third-order valence-corrected chi connectivity index (χ3v) is 10.3. The number of benzene rings is 2. The highest BCUT2D eigenvalue weighted by molar-refractivity contribution is 5.86. The molecule has 4 aromatic rings. The van der Waals surface area contributed by atoms with Crippen molar-refractivity contribution >= 4 is 17.9 Å². The number of nitrogens with one attached hydrogen (secondary N) is 4. The monoisotopic (exact) mass is 694 g/mol. The van der Waals surface area contributed by atoms with Gasteiger partial charge in [0.05, 0.1) is 49.5 Å². The number of H-pyrrole nitrogens is 2. The molecule has 2 aromatic carbocycles. The van der Waals surface area contributed by atoms with E-state index in [-0.39, 0.29) is 29.8 Å². The Balaban J connectivity index is 1.09. The fourth-order valence-corrected chi connectivity index (χ4v) is 7.04. The minimum atomic E-state index is -0.673. The summed E-state index contributed by atoms with van der Waals surface area (Å²) in [6.45, 7) is 9.74. The second kappa shape index (κ2) is 15.9. The largest absolute Gasteiger partial charge is 0.453 e. The molecule has 51 heavy (non-hydrogen) atoms. The number of likely N-dealkylation sites (tertiary alicyclic amines) is 2. The topological polar surface area (TPSA) is 148 Å². The van der Waals surface area contributed by atoms with E-state index in [0.717, 1.165) is 83.9 Å². The predicted octanol–water partition coefficient (Wildman–Crippen LogP) is 6.23. The van der Waals surface area contributed by atoms with Gasteiger partial charge < -0.3 is 35.1 Å². The van der Waals surface area contributed by atoms with Gasteiger partial charge in [0.2, 0.25) is 11.8 Å². The molecule has 2 fully saturated rings. The van der Waals surface area contributed by atoms with Crippen LogP contribution in [-0.4, -0.2) is 86.5 Å². The molecule has 0 saturated carbocycles. The van der Waals surface area contributed by atoms with Crippen molar-refractivity contribution in [3.05, 3.63) is 72.6 Å². The smallest absolute Gasteiger partial charge is 0.407 e. The Morgan fingerprint density at radius 1 is 0.804 bits per heavy atom. The molecule has 2 aliphatic heterocycles. The van der Waals surface area contributed by atoms with Gasteiger partial charge in [-0.15, -0.1) is 0 Å². The maximum atomic E-state index is 13.5. The van der Waals surface area contributed by atoms with E-state index in [0.29, 0.717) is 19.1 Å². The summed E-state index contributed by atoms with van der Waals surface area (Å²) in [5.74, 6) is 1.48. The summed E-state index contributed by atoms with van der Waals surface area (Å²) in [4.78, 5) is 58.4. The van der Waals surface area contributed by atoms with Crippen LogP contribution in [0.25, 0.3) is 33.6 Å². The zero-order valence-electron chi connectivity index (χ0n) is 30.2. The van der Waals surface area contributed by atoms with Crippen molar-refractivity contribution in [1.82, 2.24) is 40.4 Å². The van der Waals surface area contributed by atoms with Gasteiger partial charge in [0.25, 0.3) is 0 Å². The number of ether oxygens (including phenoxy) is 1. The molecule has 4 heterocycles. The molecule has 2 aromatic heterocycles. The van der Waals surface area contributed by atoms with Gasteiger partial charge >= 0.3 is 6.09 Å². The van der Waals surface area contributed by atoms with Gasteiger partial charge in [0.15, 0.2) is 0 Å². The number of aromatic amines is 2. The molecule has 12 heteroatoms.